The van der Waals surface area contributed by atoms with Crippen molar-refractivity contribution in [2.45, 2.75) is 13.0 Å². The standard InChI is InChI=1S/C20H18Cl2N2O4S/c1-10-16(19(26)28-3)17(11-8-14(22)18(25)15(9-11)27-2)23-20(29)24(10)13-6-4-12(21)5-7-13/h4-9,17,25H,1-3H3,(H,23,29)/t17-/m0/s1. The van der Waals surface area contributed by atoms with Crippen LogP contribution in [0.25, 0.3) is 0 Å². The molecule has 0 spiro atoms. The van der Waals surface area contributed by atoms with Crippen molar-refractivity contribution >= 4 is 52.2 Å². The monoisotopic (exact) mass is 452 g/mol. The van der Waals surface area contributed by atoms with Gasteiger partial charge < -0.3 is 19.9 Å². The van der Waals surface area contributed by atoms with E-state index in [1.165, 1.54) is 14.2 Å². The highest BCUT2D eigenvalue weighted by atomic mass is 35.5. The molecule has 0 saturated heterocycles. The highest BCUT2D eigenvalue weighted by molar-refractivity contribution is 7.80. The predicted octanol–water partition coefficient (Wildman–Crippen LogP) is 4.59. The summed E-state index contributed by atoms with van der Waals surface area (Å²) in [7, 11) is 2.72. The quantitative estimate of drug-likeness (QED) is 0.518. The molecule has 0 bridgehead atoms. The molecule has 1 heterocycles. The number of methoxy groups -OCH3 is 2. The molecule has 2 aromatic carbocycles. The van der Waals surface area contributed by atoms with E-state index in [9.17, 15) is 9.90 Å². The first-order valence-corrected chi connectivity index (χ1v) is 9.66. The fraction of sp³-hybridized carbons (Fsp3) is 0.200. The van der Waals surface area contributed by atoms with Crippen LogP contribution in [0.5, 0.6) is 11.5 Å². The smallest absolute Gasteiger partial charge is 0.337 e. The van der Waals surface area contributed by atoms with Gasteiger partial charge in [0.25, 0.3) is 0 Å². The van der Waals surface area contributed by atoms with E-state index in [-0.39, 0.29) is 16.5 Å². The number of aromatic hydroxyl groups is 1. The highest BCUT2D eigenvalue weighted by Gasteiger charge is 2.36. The van der Waals surface area contributed by atoms with Gasteiger partial charge in [-0.25, -0.2) is 4.79 Å². The second-order valence-electron chi connectivity index (χ2n) is 6.24. The minimum atomic E-state index is -0.648. The first kappa shape index (κ1) is 21.2. The van der Waals surface area contributed by atoms with Gasteiger partial charge in [-0.05, 0) is 61.1 Å². The van der Waals surface area contributed by atoms with Crippen LogP contribution in [-0.2, 0) is 9.53 Å². The molecule has 0 radical (unpaired) electrons. The topological polar surface area (TPSA) is 71.0 Å². The fourth-order valence-electron chi connectivity index (χ4n) is 3.18. The molecule has 152 valence electrons. The second-order valence-corrected chi connectivity index (χ2v) is 7.47. The van der Waals surface area contributed by atoms with Crippen LogP contribution in [0.4, 0.5) is 5.69 Å². The number of ether oxygens (including phenoxy) is 2. The molecule has 0 saturated carbocycles. The van der Waals surface area contributed by atoms with E-state index in [0.717, 1.165) is 5.69 Å². The number of nitrogens with zero attached hydrogens (tertiary/aromatic N) is 1. The van der Waals surface area contributed by atoms with Crippen LogP contribution in [0.1, 0.15) is 18.5 Å². The zero-order chi connectivity index (χ0) is 21.3. The molecule has 2 aromatic rings. The first-order chi connectivity index (χ1) is 13.8. The summed E-state index contributed by atoms with van der Waals surface area (Å²) in [4.78, 5) is 14.4. The number of phenolic OH excluding ortho intramolecular Hbond substituents is 1. The summed E-state index contributed by atoms with van der Waals surface area (Å²) in [5.74, 6) is -0.522. The third-order valence-corrected chi connectivity index (χ3v) is 5.42. The summed E-state index contributed by atoms with van der Waals surface area (Å²) in [6, 6.07) is 9.57. The van der Waals surface area contributed by atoms with Gasteiger partial charge in [0.15, 0.2) is 16.6 Å². The summed E-state index contributed by atoms with van der Waals surface area (Å²) in [5.41, 5.74) is 2.27. The van der Waals surface area contributed by atoms with E-state index < -0.39 is 12.0 Å². The maximum absolute atomic E-state index is 12.7. The van der Waals surface area contributed by atoms with Crippen LogP contribution >= 0.6 is 35.4 Å². The lowest BCUT2D eigenvalue weighted by molar-refractivity contribution is -0.136. The number of carbonyl (C=O) groups is 1. The van der Waals surface area contributed by atoms with E-state index in [1.54, 1.807) is 48.2 Å². The Morgan fingerprint density at radius 3 is 2.45 bits per heavy atom. The number of anilines is 1. The lowest BCUT2D eigenvalue weighted by Crippen LogP contribution is -2.48. The zero-order valence-corrected chi connectivity index (χ0v) is 18.2. The lowest BCUT2D eigenvalue weighted by atomic mass is 9.94. The molecule has 1 atom stereocenters. The third-order valence-electron chi connectivity index (χ3n) is 4.58. The molecule has 2 N–H and O–H groups in total. The Morgan fingerprint density at radius 1 is 1.21 bits per heavy atom. The molecule has 6 nitrogen and oxygen atoms in total. The predicted molar refractivity (Wildman–Crippen MR) is 117 cm³/mol. The van der Waals surface area contributed by atoms with Crippen molar-refractivity contribution in [3.8, 4) is 11.5 Å². The van der Waals surface area contributed by atoms with Crippen molar-refractivity contribution in [1.82, 2.24) is 5.32 Å². The van der Waals surface area contributed by atoms with Crippen LogP contribution in [0.15, 0.2) is 47.7 Å². The van der Waals surface area contributed by atoms with Gasteiger partial charge in [0, 0.05) is 16.4 Å². The minimum absolute atomic E-state index is 0.0917. The Kier molecular flexibility index (Phi) is 6.21. The lowest BCUT2D eigenvalue weighted by Gasteiger charge is -2.37. The molecule has 29 heavy (non-hydrogen) atoms. The summed E-state index contributed by atoms with van der Waals surface area (Å²) in [6.45, 7) is 1.78. The van der Waals surface area contributed by atoms with E-state index >= 15 is 0 Å². The van der Waals surface area contributed by atoms with Gasteiger partial charge in [0.05, 0.1) is 30.9 Å². The van der Waals surface area contributed by atoms with E-state index in [2.05, 4.69) is 5.32 Å². The van der Waals surface area contributed by atoms with E-state index in [1.807, 2.05) is 0 Å². The maximum atomic E-state index is 12.7. The highest BCUT2D eigenvalue weighted by Crippen LogP contribution is 2.40. The maximum Gasteiger partial charge on any atom is 0.337 e. The van der Waals surface area contributed by atoms with Gasteiger partial charge in [-0.3, -0.25) is 4.90 Å². The van der Waals surface area contributed by atoms with Gasteiger partial charge in [-0.2, -0.15) is 0 Å². The normalized spacial score (nSPS) is 16.5. The van der Waals surface area contributed by atoms with E-state index in [4.69, 9.17) is 44.9 Å². The van der Waals surface area contributed by atoms with E-state index in [0.29, 0.717) is 27.0 Å². The number of phenols is 1. The second kappa shape index (κ2) is 8.49. The Morgan fingerprint density at radius 2 is 1.86 bits per heavy atom. The van der Waals surface area contributed by atoms with Crippen LogP contribution < -0.4 is 15.0 Å². The van der Waals surface area contributed by atoms with Crippen molar-refractivity contribution in [1.29, 1.82) is 0 Å². The number of nitrogens with one attached hydrogen (secondary N) is 1. The molecule has 1 aliphatic heterocycles. The molecule has 0 unspecified atom stereocenters. The number of allylic oxidation sites excluding steroid dienone is 1. The summed E-state index contributed by atoms with van der Waals surface area (Å²) in [6.07, 6.45) is 0. The van der Waals surface area contributed by atoms with Gasteiger partial charge in [-0.1, -0.05) is 23.2 Å². The van der Waals surface area contributed by atoms with Crippen LogP contribution in [-0.4, -0.2) is 30.4 Å². The number of hydrogen-bond acceptors (Lipinski definition) is 5. The average molecular weight is 453 g/mol. The fourth-order valence-corrected chi connectivity index (χ4v) is 3.89. The molecule has 0 aliphatic carbocycles. The van der Waals surface area contributed by atoms with Gasteiger partial charge in [0.2, 0.25) is 0 Å². The Balaban J connectivity index is 2.17. The van der Waals surface area contributed by atoms with Gasteiger partial charge in [-0.15, -0.1) is 0 Å². The van der Waals surface area contributed by atoms with Crippen molar-refractivity contribution in [3.05, 3.63) is 63.3 Å². The molecule has 0 fully saturated rings. The molecule has 0 aromatic heterocycles. The number of carbonyl (C=O) groups excluding carboxylic acids is 1. The Hall–Kier alpha value is -2.48. The SMILES string of the molecule is COC(=O)C1=C(C)N(c2ccc(Cl)cc2)C(=S)N[C@H]1c1cc(Cl)c(O)c(OC)c1. The van der Waals surface area contributed by atoms with Crippen molar-refractivity contribution in [3.63, 3.8) is 0 Å². The first-order valence-electron chi connectivity index (χ1n) is 8.50. The summed E-state index contributed by atoms with van der Waals surface area (Å²) >= 11 is 17.7. The van der Waals surface area contributed by atoms with Crippen LogP contribution in [0.2, 0.25) is 10.0 Å². The molecular weight excluding hydrogens is 435 g/mol. The number of hydrogen-bond donors (Lipinski definition) is 2. The number of rotatable bonds is 4. The number of thiocarbonyl (C=S) groups is 1. The number of halogens is 2. The molecular formula is C20H18Cl2N2O4S. The number of benzene rings is 2. The average Bonchev–Trinajstić information content (AvgIpc) is 2.70. The molecule has 9 heteroatoms. The molecule has 0 amide bonds. The van der Waals surface area contributed by atoms with Crippen LogP contribution in [0.3, 0.4) is 0 Å². The molecule has 1 aliphatic rings. The van der Waals surface area contributed by atoms with Crippen molar-refractivity contribution < 1.29 is 19.4 Å². The zero-order valence-electron chi connectivity index (χ0n) is 15.8. The van der Waals surface area contributed by atoms with Crippen molar-refractivity contribution in [2.75, 3.05) is 19.1 Å². The third kappa shape index (κ3) is 3.99. The van der Waals surface area contributed by atoms with Gasteiger partial charge >= 0.3 is 5.97 Å². The molecule has 3 rings (SSSR count). The van der Waals surface area contributed by atoms with Gasteiger partial charge in [0.1, 0.15) is 0 Å². The number of esters is 1. The largest absolute Gasteiger partial charge is 0.503 e. The summed E-state index contributed by atoms with van der Waals surface area (Å²) < 4.78 is 10.2. The Labute approximate surface area is 183 Å². The van der Waals surface area contributed by atoms with Crippen LogP contribution in [0, 0.1) is 0 Å². The minimum Gasteiger partial charge on any atom is -0.503 e. The van der Waals surface area contributed by atoms with Crippen molar-refractivity contribution in [2.24, 2.45) is 0 Å². The Bertz CT molecular complexity index is 1010. The summed E-state index contributed by atoms with van der Waals surface area (Å²) in [5, 5.41) is 14.3.